The van der Waals surface area contributed by atoms with Crippen LogP contribution in [0.4, 0.5) is 0 Å². The number of carboxylic acids is 2. The Hall–Kier alpha value is -2.92. The van der Waals surface area contributed by atoms with E-state index in [0.717, 1.165) is 22.3 Å². The van der Waals surface area contributed by atoms with Crippen molar-refractivity contribution in [3.8, 4) is 11.1 Å². The first-order valence-corrected chi connectivity index (χ1v) is 8.50. The Morgan fingerprint density at radius 2 is 1.73 bits per heavy atom. The molecule has 0 spiro atoms. The summed E-state index contributed by atoms with van der Waals surface area (Å²) >= 11 is 0. The molecule has 1 aliphatic rings. The molecule has 0 aliphatic carbocycles. The molecule has 5 nitrogen and oxygen atoms in total. The molecule has 0 bridgehead atoms. The van der Waals surface area contributed by atoms with Gasteiger partial charge in [0.25, 0.3) is 0 Å². The van der Waals surface area contributed by atoms with Crippen molar-refractivity contribution in [1.29, 1.82) is 0 Å². The van der Waals surface area contributed by atoms with Gasteiger partial charge >= 0.3 is 11.9 Å². The Labute approximate surface area is 152 Å². The second kappa shape index (κ2) is 7.54. The van der Waals surface area contributed by atoms with E-state index in [1.807, 2.05) is 54.6 Å². The Morgan fingerprint density at radius 1 is 1.04 bits per heavy atom. The third kappa shape index (κ3) is 3.68. The molecule has 0 saturated carbocycles. The van der Waals surface area contributed by atoms with Gasteiger partial charge in [-0.2, -0.15) is 0 Å². The number of carboxylic acid groups (broad SMARTS) is 2. The van der Waals surface area contributed by atoms with Gasteiger partial charge in [0.2, 0.25) is 0 Å². The summed E-state index contributed by atoms with van der Waals surface area (Å²) in [4.78, 5) is 22.7. The molecule has 3 N–H and O–H groups in total. The van der Waals surface area contributed by atoms with E-state index in [-0.39, 0.29) is 12.3 Å². The molecule has 0 amide bonds. The highest BCUT2D eigenvalue weighted by atomic mass is 16.4. The second-order valence-corrected chi connectivity index (χ2v) is 6.56. The summed E-state index contributed by atoms with van der Waals surface area (Å²) in [6, 6.07) is 17.0. The zero-order valence-corrected chi connectivity index (χ0v) is 14.3. The van der Waals surface area contributed by atoms with E-state index in [4.69, 9.17) is 0 Å². The maximum atomic E-state index is 11.5. The monoisotopic (exact) mass is 351 g/mol. The third-order valence-corrected chi connectivity index (χ3v) is 4.97. The molecule has 3 rings (SSSR count). The summed E-state index contributed by atoms with van der Waals surface area (Å²) < 4.78 is 0. The lowest BCUT2D eigenvalue weighted by molar-refractivity contribution is -0.142. The molecule has 1 saturated heterocycles. The molecule has 0 radical (unpaired) electrons. The highest BCUT2D eigenvalue weighted by Gasteiger charge is 2.42. The normalized spacial score (nSPS) is 22.1. The van der Waals surface area contributed by atoms with E-state index in [9.17, 15) is 19.8 Å². The first-order valence-electron chi connectivity index (χ1n) is 8.50. The second-order valence-electron chi connectivity index (χ2n) is 6.56. The predicted molar refractivity (Wildman–Crippen MR) is 99.6 cm³/mol. The van der Waals surface area contributed by atoms with E-state index in [2.05, 4.69) is 11.9 Å². The predicted octanol–water partition coefficient (Wildman–Crippen LogP) is 3.13. The van der Waals surface area contributed by atoms with Crippen molar-refractivity contribution in [2.24, 2.45) is 11.8 Å². The SMILES string of the molecule is C=C(c1cccc(-c2ccccc2)c1)[C@@H]1CN[C@@H](C(=O)O)[C@@H]1CC(=O)O. The Bertz CT molecular complexity index is 831. The number of carbonyl (C=O) groups is 2. The fourth-order valence-electron chi connectivity index (χ4n) is 3.65. The first kappa shape index (κ1) is 17.9. The average Bonchev–Trinajstić information content (AvgIpc) is 3.05. The summed E-state index contributed by atoms with van der Waals surface area (Å²) in [7, 11) is 0. The largest absolute Gasteiger partial charge is 0.481 e. The fourth-order valence-corrected chi connectivity index (χ4v) is 3.65. The van der Waals surface area contributed by atoms with E-state index in [1.54, 1.807) is 0 Å². The fraction of sp³-hybridized carbons (Fsp3) is 0.238. The van der Waals surface area contributed by atoms with Gasteiger partial charge in [0.15, 0.2) is 0 Å². The Kier molecular flexibility index (Phi) is 5.19. The molecule has 2 aromatic rings. The van der Waals surface area contributed by atoms with Crippen LogP contribution in [-0.4, -0.2) is 34.7 Å². The van der Waals surface area contributed by atoms with Crippen molar-refractivity contribution >= 4 is 17.5 Å². The van der Waals surface area contributed by atoms with Crippen molar-refractivity contribution < 1.29 is 19.8 Å². The zero-order valence-electron chi connectivity index (χ0n) is 14.3. The van der Waals surface area contributed by atoms with Crippen molar-refractivity contribution in [1.82, 2.24) is 5.32 Å². The average molecular weight is 351 g/mol. The molecule has 2 aromatic carbocycles. The molecule has 5 heteroatoms. The van der Waals surface area contributed by atoms with Gasteiger partial charge < -0.3 is 15.5 Å². The van der Waals surface area contributed by atoms with Crippen molar-refractivity contribution in [2.45, 2.75) is 12.5 Å². The van der Waals surface area contributed by atoms with Gasteiger partial charge in [0.1, 0.15) is 6.04 Å². The lowest BCUT2D eigenvalue weighted by Crippen LogP contribution is -2.36. The minimum atomic E-state index is -1.02. The highest BCUT2D eigenvalue weighted by Crippen LogP contribution is 2.36. The maximum absolute atomic E-state index is 11.5. The summed E-state index contributed by atoms with van der Waals surface area (Å²) in [5.74, 6) is -2.79. The number of hydrogen-bond acceptors (Lipinski definition) is 3. The summed E-state index contributed by atoms with van der Waals surface area (Å²) in [5, 5.41) is 21.5. The standard InChI is InChI=1S/C21H21NO4/c1-13(18-12-22-20(21(25)26)17(18)11-19(23)24)15-8-5-9-16(10-15)14-6-3-2-4-7-14/h2-10,17-18,20,22H,1,11-12H2,(H,23,24)(H,25,26)/t17-,18+,20-/m1/s1. The van der Waals surface area contributed by atoms with Crippen LogP contribution in [0, 0.1) is 11.8 Å². The minimum Gasteiger partial charge on any atom is -0.481 e. The molecule has 0 unspecified atom stereocenters. The van der Waals surface area contributed by atoms with Crippen LogP contribution in [0.1, 0.15) is 12.0 Å². The molecule has 0 aromatic heterocycles. The summed E-state index contributed by atoms with van der Waals surface area (Å²) in [6.45, 7) is 4.57. The van der Waals surface area contributed by atoms with Gasteiger partial charge in [-0.15, -0.1) is 0 Å². The summed E-state index contributed by atoms with van der Waals surface area (Å²) in [6.07, 6.45) is -0.202. The molecule has 1 heterocycles. The lowest BCUT2D eigenvalue weighted by atomic mass is 9.80. The first-order chi connectivity index (χ1) is 12.5. The molecule has 3 atom stereocenters. The number of nitrogens with one attached hydrogen (secondary N) is 1. The highest BCUT2D eigenvalue weighted by molar-refractivity contribution is 5.79. The van der Waals surface area contributed by atoms with Crippen molar-refractivity contribution in [3.05, 3.63) is 66.7 Å². The molecule has 1 aliphatic heterocycles. The van der Waals surface area contributed by atoms with Crippen LogP contribution in [-0.2, 0) is 9.59 Å². The van der Waals surface area contributed by atoms with Gasteiger partial charge in [-0.3, -0.25) is 9.59 Å². The van der Waals surface area contributed by atoms with Gasteiger partial charge in [-0.25, -0.2) is 0 Å². The van der Waals surface area contributed by atoms with Crippen molar-refractivity contribution in [3.63, 3.8) is 0 Å². The minimum absolute atomic E-state index is 0.202. The van der Waals surface area contributed by atoms with E-state index in [1.165, 1.54) is 0 Å². The van der Waals surface area contributed by atoms with Crippen molar-refractivity contribution in [2.75, 3.05) is 6.54 Å². The summed E-state index contributed by atoms with van der Waals surface area (Å²) in [5.41, 5.74) is 3.79. The van der Waals surface area contributed by atoms with Gasteiger partial charge in [0.05, 0.1) is 6.42 Å². The molecule has 26 heavy (non-hydrogen) atoms. The van der Waals surface area contributed by atoms with E-state index < -0.39 is 23.9 Å². The topological polar surface area (TPSA) is 86.6 Å². The number of rotatable bonds is 6. The lowest BCUT2D eigenvalue weighted by Gasteiger charge is -2.22. The van der Waals surface area contributed by atoms with Gasteiger partial charge in [0, 0.05) is 18.4 Å². The van der Waals surface area contributed by atoms with Crippen LogP contribution in [0.2, 0.25) is 0 Å². The van der Waals surface area contributed by atoms with Crippen LogP contribution >= 0.6 is 0 Å². The molecule has 1 fully saturated rings. The van der Waals surface area contributed by atoms with Crippen LogP contribution < -0.4 is 5.32 Å². The van der Waals surface area contributed by atoms with Crippen LogP contribution in [0.15, 0.2) is 61.2 Å². The van der Waals surface area contributed by atoms with Crippen LogP contribution in [0.25, 0.3) is 16.7 Å². The maximum Gasteiger partial charge on any atom is 0.321 e. The smallest absolute Gasteiger partial charge is 0.321 e. The molecule has 134 valence electrons. The molecular weight excluding hydrogens is 330 g/mol. The Balaban J connectivity index is 1.88. The Morgan fingerprint density at radius 3 is 2.38 bits per heavy atom. The van der Waals surface area contributed by atoms with Gasteiger partial charge in [-0.05, 0) is 28.3 Å². The number of hydrogen-bond donors (Lipinski definition) is 3. The van der Waals surface area contributed by atoms with E-state index >= 15 is 0 Å². The van der Waals surface area contributed by atoms with E-state index in [0.29, 0.717) is 6.54 Å². The third-order valence-electron chi connectivity index (χ3n) is 4.97. The van der Waals surface area contributed by atoms with Crippen LogP contribution in [0.3, 0.4) is 0 Å². The van der Waals surface area contributed by atoms with Gasteiger partial charge in [-0.1, -0.05) is 55.1 Å². The molecular formula is C21H21NO4. The zero-order chi connectivity index (χ0) is 18.7. The quantitative estimate of drug-likeness (QED) is 0.744. The van der Waals surface area contributed by atoms with Crippen LogP contribution in [0.5, 0.6) is 0 Å². The number of benzene rings is 2. The number of aliphatic carboxylic acids is 2.